The molecule has 2 aliphatic heterocycles. The predicted octanol–water partition coefficient (Wildman–Crippen LogP) is 2.47. The van der Waals surface area contributed by atoms with Crippen molar-refractivity contribution >= 4 is 23.6 Å². The van der Waals surface area contributed by atoms with Crippen molar-refractivity contribution in [1.82, 2.24) is 20.0 Å². The molecule has 2 amide bonds. The van der Waals surface area contributed by atoms with Gasteiger partial charge in [0, 0.05) is 25.6 Å². The first kappa shape index (κ1) is 17.8. The zero-order valence-corrected chi connectivity index (χ0v) is 15.9. The first-order valence-corrected chi connectivity index (χ1v) is 10.7. The Morgan fingerprint density at radius 1 is 1.12 bits per heavy atom. The highest BCUT2D eigenvalue weighted by Crippen LogP contribution is 2.35. The summed E-state index contributed by atoms with van der Waals surface area (Å²) < 4.78 is 5.61. The molecule has 3 fully saturated rings. The predicted molar refractivity (Wildman–Crippen MR) is 96.4 cm³/mol. The number of hydrogen-bond acceptors (Lipinski definition) is 6. The van der Waals surface area contributed by atoms with Crippen molar-refractivity contribution in [3.05, 3.63) is 5.89 Å². The van der Waals surface area contributed by atoms with Gasteiger partial charge < -0.3 is 14.2 Å². The van der Waals surface area contributed by atoms with Crippen LogP contribution in [0.4, 0.5) is 0 Å². The van der Waals surface area contributed by atoms with Crippen molar-refractivity contribution < 1.29 is 14.0 Å². The normalized spacial score (nSPS) is 26.2. The number of fused-ring (bicyclic) bond motifs is 1. The lowest BCUT2D eigenvalue weighted by Gasteiger charge is -2.44. The lowest BCUT2D eigenvalue weighted by molar-refractivity contribution is -0.134. The van der Waals surface area contributed by atoms with Gasteiger partial charge in [-0.05, 0) is 38.0 Å². The van der Waals surface area contributed by atoms with Gasteiger partial charge in [-0.1, -0.05) is 24.6 Å². The van der Waals surface area contributed by atoms with Crippen LogP contribution in [0.2, 0.25) is 0 Å². The molecule has 1 aliphatic carbocycles. The molecule has 0 bridgehead atoms. The Bertz CT molecular complexity index is 663. The van der Waals surface area contributed by atoms with E-state index in [0.29, 0.717) is 41.8 Å². The zero-order valence-electron chi connectivity index (χ0n) is 15.1. The lowest BCUT2D eigenvalue weighted by atomic mass is 9.78. The topological polar surface area (TPSA) is 79.5 Å². The first-order chi connectivity index (χ1) is 12.7. The molecule has 8 heteroatoms. The second-order valence-electron chi connectivity index (χ2n) is 7.51. The quantitative estimate of drug-likeness (QED) is 0.732. The maximum absolute atomic E-state index is 12.7. The third-order valence-corrected chi connectivity index (χ3v) is 6.63. The SMILES string of the molecule is O=C1CCCN1Cc1nnc(SCC(=O)N2CCC[C@@H]3CCCC[C@H]32)o1. The van der Waals surface area contributed by atoms with Gasteiger partial charge in [0.05, 0.1) is 12.3 Å². The minimum atomic E-state index is 0.139. The number of carbonyl (C=O) groups excluding carboxylic acids is 2. The van der Waals surface area contributed by atoms with Gasteiger partial charge in [0.1, 0.15) is 0 Å². The number of rotatable bonds is 5. The van der Waals surface area contributed by atoms with Gasteiger partial charge in [0.25, 0.3) is 5.22 Å². The van der Waals surface area contributed by atoms with Crippen LogP contribution >= 0.6 is 11.8 Å². The molecule has 2 atom stereocenters. The molecule has 3 aliphatic rings. The number of thioether (sulfide) groups is 1. The second kappa shape index (κ2) is 7.98. The number of amides is 2. The fourth-order valence-electron chi connectivity index (χ4n) is 4.54. The first-order valence-electron chi connectivity index (χ1n) is 9.73. The highest BCUT2D eigenvalue weighted by atomic mass is 32.2. The van der Waals surface area contributed by atoms with Gasteiger partial charge in [-0.15, -0.1) is 10.2 Å². The molecular weight excluding hydrogens is 352 g/mol. The van der Waals surface area contributed by atoms with Crippen LogP contribution in [-0.4, -0.2) is 56.7 Å². The Morgan fingerprint density at radius 3 is 2.81 bits per heavy atom. The summed E-state index contributed by atoms with van der Waals surface area (Å²) in [5.74, 6) is 1.80. The number of nitrogens with zero attached hydrogens (tertiary/aromatic N) is 4. The van der Waals surface area contributed by atoms with E-state index in [9.17, 15) is 9.59 Å². The van der Waals surface area contributed by atoms with Gasteiger partial charge in [-0.3, -0.25) is 9.59 Å². The van der Waals surface area contributed by atoms with Crippen LogP contribution in [0, 0.1) is 5.92 Å². The molecule has 0 radical (unpaired) electrons. The van der Waals surface area contributed by atoms with E-state index in [1.165, 1.54) is 37.4 Å². The highest BCUT2D eigenvalue weighted by Gasteiger charge is 2.35. The van der Waals surface area contributed by atoms with Crippen LogP contribution in [-0.2, 0) is 16.1 Å². The summed E-state index contributed by atoms with van der Waals surface area (Å²) in [5, 5.41) is 8.45. The minimum Gasteiger partial charge on any atom is -0.414 e. The molecule has 3 heterocycles. The van der Waals surface area contributed by atoms with Crippen LogP contribution in [0.25, 0.3) is 0 Å². The van der Waals surface area contributed by atoms with Gasteiger partial charge in [-0.25, -0.2) is 0 Å². The van der Waals surface area contributed by atoms with E-state index >= 15 is 0 Å². The summed E-state index contributed by atoms with van der Waals surface area (Å²) in [4.78, 5) is 28.2. The molecule has 7 nitrogen and oxygen atoms in total. The Hall–Kier alpha value is -1.57. The third kappa shape index (κ3) is 3.89. The van der Waals surface area contributed by atoms with E-state index in [1.807, 2.05) is 0 Å². The van der Waals surface area contributed by atoms with Crippen molar-refractivity contribution in [3.8, 4) is 0 Å². The molecule has 1 saturated carbocycles. The summed E-state index contributed by atoms with van der Waals surface area (Å²) >= 11 is 1.31. The standard InChI is InChI=1S/C18H26N4O3S/c23-16-8-4-9-21(16)11-15-19-20-18(25-15)26-12-17(24)22-10-3-6-13-5-1-2-7-14(13)22/h13-14H,1-12H2/t13-,14+/m0/s1. The summed E-state index contributed by atoms with van der Waals surface area (Å²) in [6.45, 7) is 2.00. The Kier molecular flexibility index (Phi) is 5.47. The molecule has 1 aromatic heterocycles. The monoisotopic (exact) mass is 378 g/mol. The molecule has 0 spiro atoms. The van der Waals surface area contributed by atoms with E-state index in [1.54, 1.807) is 4.90 Å². The molecule has 4 rings (SSSR count). The van der Waals surface area contributed by atoms with Crippen molar-refractivity contribution in [3.63, 3.8) is 0 Å². The molecular formula is C18H26N4O3S. The molecule has 2 saturated heterocycles. The number of piperidine rings is 1. The number of hydrogen-bond donors (Lipinski definition) is 0. The fraction of sp³-hybridized carbons (Fsp3) is 0.778. The van der Waals surface area contributed by atoms with E-state index in [0.717, 1.165) is 32.4 Å². The maximum Gasteiger partial charge on any atom is 0.277 e. The van der Waals surface area contributed by atoms with Gasteiger partial charge >= 0.3 is 0 Å². The molecule has 1 aromatic rings. The molecule has 0 N–H and O–H groups in total. The number of aromatic nitrogens is 2. The molecule has 0 aromatic carbocycles. The van der Waals surface area contributed by atoms with Crippen LogP contribution in [0.5, 0.6) is 0 Å². The van der Waals surface area contributed by atoms with Crippen molar-refractivity contribution in [2.45, 2.75) is 69.2 Å². The zero-order chi connectivity index (χ0) is 17.9. The lowest BCUT2D eigenvalue weighted by Crippen LogP contribution is -2.50. The van der Waals surface area contributed by atoms with Crippen LogP contribution in [0.15, 0.2) is 9.64 Å². The van der Waals surface area contributed by atoms with Gasteiger partial charge in [-0.2, -0.15) is 0 Å². The molecule has 0 unspecified atom stereocenters. The van der Waals surface area contributed by atoms with Crippen LogP contribution in [0.1, 0.15) is 57.3 Å². The van der Waals surface area contributed by atoms with E-state index in [-0.39, 0.29) is 11.8 Å². The van der Waals surface area contributed by atoms with E-state index in [4.69, 9.17) is 4.42 Å². The Balaban J connectivity index is 1.29. The largest absolute Gasteiger partial charge is 0.414 e. The summed E-state index contributed by atoms with van der Waals surface area (Å²) in [5.41, 5.74) is 0. The number of carbonyl (C=O) groups is 2. The van der Waals surface area contributed by atoms with Crippen LogP contribution < -0.4 is 0 Å². The minimum absolute atomic E-state index is 0.139. The van der Waals surface area contributed by atoms with Crippen molar-refractivity contribution in [2.24, 2.45) is 5.92 Å². The van der Waals surface area contributed by atoms with E-state index in [2.05, 4.69) is 15.1 Å². The van der Waals surface area contributed by atoms with Crippen LogP contribution in [0.3, 0.4) is 0 Å². The Morgan fingerprint density at radius 2 is 1.96 bits per heavy atom. The second-order valence-corrected chi connectivity index (χ2v) is 8.44. The maximum atomic E-state index is 12.7. The highest BCUT2D eigenvalue weighted by molar-refractivity contribution is 7.99. The third-order valence-electron chi connectivity index (χ3n) is 5.83. The van der Waals surface area contributed by atoms with Crippen molar-refractivity contribution in [2.75, 3.05) is 18.8 Å². The fourth-order valence-corrected chi connectivity index (χ4v) is 5.20. The summed E-state index contributed by atoms with van der Waals surface area (Å²) in [6, 6.07) is 0.435. The Labute approximate surface area is 157 Å². The smallest absolute Gasteiger partial charge is 0.277 e. The summed E-state index contributed by atoms with van der Waals surface area (Å²) in [7, 11) is 0. The van der Waals surface area contributed by atoms with E-state index < -0.39 is 0 Å². The average Bonchev–Trinajstić information content (AvgIpc) is 3.29. The molecule has 142 valence electrons. The number of likely N-dealkylation sites (tertiary alicyclic amines) is 2. The van der Waals surface area contributed by atoms with Gasteiger partial charge in [0.2, 0.25) is 17.7 Å². The van der Waals surface area contributed by atoms with Crippen molar-refractivity contribution in [1.29, 1.82) is 0 Å². The van der Waals surface area contributed by atoms with Gasteiger partial charge in [0.15, 0.2) is 0 Å². The average molecular weight is 378 g/mol. The molecule has 26 heavy (non-hydrogen) atoms. The summed E-state index contributed by atoms with van der Waals surface area (Å²) in [6.07, 6.45) is 8.83.